The van der Waals surface area contributed by atoms with Gasteiger partial charge < -0.3 is 14.8 Å². The van der Waals surface area contributed by atoms with Gasteiger partial charge in [-0.25, -0.2) is 0 Å². The van der Waals surface area contributed by atoms with Gasteiger partial charge in [-0.15, -0.1) is 0 Å². The Morgan fingerprint density at radius 1 is 1.41 bits per heavy atom. The summed E-state index contributed by atoms with van der Waals surface area (Å²) >= 11 is 0. The second-order valence-corrected chi connectivity index (χ2v) is 4.06. The minimum absolute atomic E-state index is 0.410. The lowest BCUT2D eigenvalue weighted by molar-refractivity contribution is 0.0661. The summed E-state index contributed by atoms with van der Waals surface area (Å²) in [6.07, 6.45) is 3.89. The van der Waals surface area contributed by atoms with Gasteiger partial charge in [0.15, 0.2) is 0 Å². The third kappa shape index (κ3) is 5.81. The SMILES string of the molecule is CNC(CCOCCOC)Cc1ccn(C)n1. The summed E-state index contributed by atoms with van der Waals surface area (Å²) in [6.45, 7) is 2.07. The van der Waals surface area contributed by atoms with E-state index in [1.807, 2.05) is 25.0 Å². The minimum Gasteiger partial charge on any atom is -0.382 e. The zero-order chi connectivity index (χ0) is 12.5. The van der Waals surface area contributed by atoms with Gasteiger partial charge in [-0.2, -0.15) is 5.10 Å². The summed E-state index contributed by atoms with van der Waals surface area (Å²) in [6, 6.07) is 2.46. The molecule has 1 rings (SSSR count). The number of nitrogens with zero attached hydrogens (tertiary/aromatic N) is 2. The molecule has 1 N–H and O–H groups in total. The molecule has 0 bridgehead atoms. The van der Waals surface area contributed by atoms with Crippen molar-refractivity contribution >= 4 is 0 Å². The van der Waals surface area contributed by atoms with Crippen LogP contribution in [0.5, 0.6) is 0 Å². The largest absolute Gasteiger partial charge is 0.382 e. The zero-order valence-corrected chi connectivity index (χ0v) is 11.0. The molecule has 5 heteroatoms. The number of hydrogen-bond donors (Lipinski definition) is 1. The lowest BCUT2D eigenvalue weighted by atomic mass is 10.1. The van der Waals surface area contributed by atoms with E-state index in [2.05, 4.69) is 16.5 Å². The van der Waals surface area contributed by atoms with Crippen LogP contribution < -0.4 is 5.32 Å². The molecule has 0 aliphatic heterocycles. The fourth-order valence-corrected chi connectivity index (χ4v) is 1.64. The third-order valence-electron chi connectivity index (χ3n) is 2.68. The van der Waals surface area contributed by atoms with Crippen LogP contribution in [0, 0.1) is 0 Å². The minimum atomic E-state index is 0.410. The van der Waals surface area contributed by atoms with Gasteiger partial charge in [-0.1, -0.05) is 0 Å². The Morgan fingerprint density at radius 2 is 2.24 bits per heavy atom. The Bertz CT molecular complexity index is 302. The van der Waals surface area contributed by atoms with Gasteiger partial charge in [0.25, 0.3) is 0 Å². The van der Waals surface area contributed by atoms with E-state index in [9.17, 15) is 0 Å². The van der Waals surface area contributed by atoms with Gasteiger partial charge in [0, 0.05) is 39.4 Å². The second-order valence-electron chi connectivity index (χ2n) is 4.06. The van der Waals surface area contributed by atoms with Gasteiger partial charge in [0.1, 0.15) is 0 Å². The van der Waals surface area contributed by atoms with Crippen molar-refractivity contribution in [3.05, 3.63) is 18.0 Å². The predicted octanol–water partition coefficient (Wildman–Crippen LogP) is 0.604. The first-order valence-corrected chi connectivity index (χ1v) is 5.98. The van der Waals surface area contributed by atoms with Crippen LogP contribution in [0.3, 0.4) is 0 Å². The van der Waals surface area contributed by atoms with E-state index in [-0.39, 0.29) is 0 Å². The second kappa shape index (κ2) is 8.22. The van der Waals surface area contributed by atoms with E-state index < -0.39 is 0 Å². The Balaban J connectivity index is 2.19. The smallest absolute Gasteiger partial charge is 0.0700 e. The van der Waals surface area contributed by atoms with Crippen molar-refractivity contribution in [2.75, 3.05) is 34.0 Å². The number of aromatic nitrogens is 2. The maximum Gasteiger partial charge on any atom is 0.0700 e. The van der Waals surface area contributed by atoms with E-state index in [4.69, 9.17) is 9.47 Å². The average Bonchev–Trinajstić information content (AvgIpc) is 2.73. The molecular weight excluding hydrogens is 218 g/mol. The molecule has 0 amide bonds. The van der Waals surface area contributed by atoms with Crippen LogP contribution in [0.15, 0.2) is 12.3 Å². The van der Waals surface area contributed by atoms with E-state index in [1.165, 1.54) is 0 Å². The summed E-state index contributed by atoms with van der Waals surface area (Å²) in [5.74, 6) is 0. The fourth-order valence-electron chi connectivity index (χ4n) is 1.64. The molecule has 1 aromatic rings. The molecule has 1 unspecified atom stereocenters. The van der Waals surface area contributed by atoms with Crippen molar-refractivity contribution < 1.29 is 9.47 Å². The van der Waals surface area contributed by atoms with Gasteiger partial charge in [-0.05, 0) is 19.5 Å². The van der Waals surface area contributed by atoms with Crippen LogP contribution in [-0.2, 0) is 22.9 Å². The maximum absolute atomic E-state index is 5.46. The standard InChI is InChI=1S/C12H23N3O2/c1-13-11(5-7-17-9-8-16-3)10-12-4-6-15(2)14-12/h4,6,11,13H,5,7-10H2,1-3H3. The molecule has 0 aromatic carbocycles. The number of methoxy groups -OCH3 is 1. The number of likely N-dealkylation sites (N-methyl/N-ethyl adjacent to an activating group) is 1. The quantitative estimate of drug-likeness (QED) is 0.643. The van der Waals surface area contributed by atoms with Gasteiger partial charge in [0.05, 0.1) is 18.9 Å². The Morgan fingerprint density at radius 3 is 2.82 bits per heavy atom. The van der Waals surface area contributed by atoms with E-state index in [1.54, 1.807) is 7.11 Å². The van der Waals surface area contributed by atoms with Gasteiger partial charge in [-0.3, -0.25) is 4.68 Å². The molecule has 98 valence electrons. The van der Waals surface area contributed by atoms with Crippen molar-refractivity contribution in [2.24, 2.45) is 7.05 Å². The molecule has 0 radical (unpaired) electrons. The lowest BCUT2D eigenvalue weighted by Gasteiger charge is -2.14. The normalized spacial score (nSPS) is 12.9. The number of rotatable bonds is 9. The van der Waals surface area contributed by atoms with Crippen LogP contribution in [0.4, 0.5) is 0 Å². The highest BCUT2D eigenvalue weighted by Gasteiger charge is 2.08. The topological polar surface area (TPSA) is 48.3 Å². The Kier molecular flexibility index (Phi) is 6.84. The summed E-state index contributed by atoms with van der Waals surface area (Å²) in [5.41, 5.74) is 1.11. The van der Waals surface area contributed by atoms with Crippen LogP contribution >= 0.6 is 0 Å². The molecule has 0 saturated carbocycles. The van der Waals surface area contributed by atoms with Crippen LogP contribution in [0.25, 0.3) is 0 Å². The summed E-state index contributed by atoms with van der Waals surface area (Å²) in [7, 11) is 5.59. The lowest BCUT2D eigenvalue weighted by Crippen LogP contribution is -2.29. The third-order valence-corrected chi connectivity index (χ3v) is 2.68. The van der Waals surface area contributed by atoms with Crippen molar-refractivity contribution in [3.8, 4) is 0 Å². The number of aryl methyl sites for hydroxylation is 1. The molecule has 0 aliphatic carbocycles. The Hall–Kier alpha value is -0.910. The molecule has 1 aromatic heterocycles. The zero-order valence-electron chi connectivity index (χ0n) is 11.0. The molecular formula is C12H23N3O2. The summed E-state index contributed by atoms with van der Waals surface area (Å²) in [5, 5.41) is 7.66. The predicted molar refractivity (Wildman–Crippen MR) is 67.1 cm³/mol. The number of ether oxygens (including phenoxy) is 2. The molecule has 1 atom stereocenters. The molecule has 5 nitrogen and oxygen atoms in total. The first kappa shape index (κ1) is 14.2. The maximum atomic E-state index is 5.46. The van der Waals surface area contributed by atoms with Crippen LogP contribution in [0.2, 0.25) is 0 Å². The fraction of sp³-hybridized carbons (Fsp3) is 0.750. The van der Waals surface area contributed by atoms with Crippen molar-refractivity contribution in [2.45, 2.75) is 18.9 Å². The van der Waals surface area contributed by atoms with E-state index >= 15 is 0 Å². The van der Waals surface area contributed by atoms with E-state index in [0.29, 0.717) is 19.3 Å². The van der Waals surface area contributed by atoms with Crippen molar-refractivity contribution in [3.63, 3.8) is 0 Å². The molecule has 1 heterocycles. The highest BCUT2D eigenvalue weighted by atomic mass is 16.5. The van der Waals surface area contributed by atoms with Crippen LogP contribution in [0.1, 0.15) is 12.1 Å². The summed E-state index contributed by atoms with van der Waals surface area (Å²) in [4.78, 5) is 0. The highest BCUT2D eigenvalue weighted by Crippen LogP contribution is 2.03. The highest BCUT2D eigenvalue weighted by molar-refractivity contribution is 5.01. The van der Waals surface area contributed by atoms with Gasteiger partial charge in [0.2, 0.25) is 0 Å². The number of hydrogen-bond acceptors (Lipinski definition) is 4. The first-order chi connectivity index (χ1) is 8.26. The van der Waals surface area contributed by atoms with Crippen LogP contribution in [-0.4, -0.2) is 49.8 Å². The molecule has 0 spiro atoms. The van der Waals surface area contributed by atoms with E-state index in [0.717, 1.165) is 25.1 Å². The summed E-state index contributed by atoms with van der Waals surface area (Å²) < 4.78 is 12.2. The average molecular weight is 241 g/mol. The van der Waals surface area contributed by atoms with Crippen molar-refractivity contribution in [1.29, 1.82) is 0 Å². The first-order valence-electron chi connectivity index (χ1n) is 5.98. The molecule has 0 fully saturated rings. The van der Waals surface area contributed by atoms with Crippen molar-refractivity contribution in [1.82, 2.24) is 15.1 Å². The monoisotopic (exact) mass is 241 g/mol. The molecule has 0 aliphatic rings. The molecule has 0 saturated heterocycles. The van der Waals surface area contributed by atoms with Gasteiger partial charge >= 0.3 is 0 Å². The molecule has 17 heavy (non-hydrogen) atoms. The Labute approximate surface area is 103 Å². The number of nitrogens with one attached hydrogen (secondary N) is 1.